The summed E-state index contributed by atoms with van der Waals surface area (Å²) in [5, 5.41) is 7.91. The molecule has 1 aromatic heterocycles. The van der Waals surface area contributed by atoms with Crippen molar-refractivity contribution in [3.05, 3.63) is 76.7 Å². The van der Waals surface area contributed by atoms with Gasteiger partial charge in [-0.25, -0.2) is 9.07 Å². The van der Waals surface area contributed by atoms with E-state index < -0.39 is 0 Å². The lowest BCUT2D eigenvalue weighted by atomic mass is 9.85. The Hall–Kier alpha value is -3.28. The number of carbonyl (C=O) groups excluding carboxylic acids is 1. The van der Waals surface area contributed by atoms with Gasteiger partial charge in [0, 0.05) is 17.7 Å². The quantitative estimate of drug-likeness (QED) is 0.708. The minimum Gasteiger partial charge on any atom is -0.328 e. The molecule has 3 aromatic rings. The number of ketones is 1. The fourth-order valence-corrected chi connectivity index (χ4v) is 4.16. The second kappa shape index (κ2) is 6.95. The lowest BCUT2D eigenvalue weighted by Crippen LogP contribution is -2.31. The molecule has 0 radical (unpaired) electrons. The largest absolute Gasteiger partial charge is 0.328 e. The molecule has 29 heavy (non-hydrogen) atoms. The molecule has 0 saturated heterocycles. The molecule has 2 heterocycles. The monoisotopic (exact) mass is 388 g/mol. The summed E-state index contributed by atoms with van der Waals surface area (Å²) < 4.78 is 16.1. The summed E-state index contributed by atoms with van der Waals surface area (Å²) in [7, 11) is 0. The predicted octanol–water partition coefficient (Wildman–Crippen LogP) is 4.67. The van der Waals surface area contributed by atoms with E-state index in [1.165, 1.54) is 11.6 Å². The van der Waals surface area contributed by atoms with Crippen LogP contribution in [0.25, 0.3) is 11.4 Å². The zero-order valence-corrected chi connectivity index (χ0v) is 16.2. The Morgan fingerprint density at radius 3 is 2.69 bits per heavy atom. The van der Waals surface area contributed by atoms with Crippen LogP contribution in [0, 0.1) is 5.82 Å². The summed E-state index contributed by atoms with van der Waals surface area (Å²) in [6, 6.07) is 14.4. The van der Waals surface area contributed by atoms with Crippen LogP contribution < -0.4 is 5.32 Å². The smallest absolute Gasteiger partial charge is 0.226 e. The molecule has 0 saturated carbocycles. The van der Waals surface area contributed by atoms with Crippen molar-refractivity contribution in [3.63, 3.8) is 0 Å². The molecule has 0 fully saturated rings. The highest BCUT2D eigenvalue weighted by Gasteiger charge is 2.37. The number of nitrogens with one attached hydrogen (secondary N) is 1. The van der Waals surface area contributed by atoms with Crippen LogP contribution in [0.3, 0.4) is 0 Å². The van der Waals surface area contributed by atoms with Gasteiger partial charge in [-0.2, -0.15) is 4.98 Å². The predicted molar refractivity (Wildman–Crippen MR) is 109 cm³/mol. The summed E-state index contributed by atoms with van der Waals surface area (Å²) in [4.78, 5) is 17.4. The third-order valence-corrected chi connectivity index (χ3v) is 5.69. The number of benzene rings is 2. The number of carbonyl (C=O) groups is 1. The minimum atomic E-state index is -0.368. The van der Waals surface area contributed by atoms with Gasteiger partial charge in [-0.05, 0) is 42.5 Å². The molecule has 1 aliphatic carbocycles. The van der Waals surface area contributed by atoms with Gasteiger partial charge in [-0.1, -0.05) is 43.3 Å². The first-order valence-corrected chi connectivity index (χ1v) is 9.99. The van der Waals surface area contributed by atoms with E-state index in [-0.39, 0.29) is 17.6 Å². The first-order chi connectivity index (χ1) is 14.2. The van der Waals surface area contributed by atoms with Gasteiger partial charge < -0.3 is 5.32 Å². The second-order valence-electron chi connectivity index (χ2n) is 7.48. The lowest BCUT2D eigenvalue weighted by Gasteiger charge is -2.32. The summed E-state index contributed by atoms with van der Waals surface area (Å²) in [6.45, 7) is 2.11. The molecule has 2 aromatic carbocycles. The van der Waals surface area contributed by atoms with Crippen LogP contribution >= 0.6 is 0 Å². The second-order valence-corrected chi connectivity index (χ2v) is 7.48. The molecule has 1 aliphatic heterocycles. The van der Waals surface area contributed by atoms with Crippen LogP contribution in [0.1, 0.15) is 43.4 Å². The molecule has 1 N–H and O–H groups in total. The molecular formula is C23H21FN4O. The van der Waals surface area contributed by atoms with Crippen LogP contribution in [0.15, 0.2) is 59.8 Å². The highest BCUT2D eigenvalue weighted by Crippen LogP contribution is 2.40. The average molecular weight is 388 g/mol. The molecule has 0 spiro atoms. The van der Waals surface area contributed by atoms with E-state index in [2.05, 4.69) is 46.6 Å². The Bertz CT molecular complexity index is 1130. The summed E-state index contributed by atoms with van der Waals surface area (Å²) in [5.74, 6) is 0.624. The molecule has 0 bridgehead atoms. The molecule has 2 aliphatic rings. The number of anilines is 1. The van der Waals surface area contributed by atoms with Gasteiger partial charge in [-0.15, -0.1) is 5.10 Å². The Balaban J connectivity index is 1.67. The van der Waals surface area contributed by atoms with Crippen LogP contribution in [0.2, 0.25) is 0 Å². The third-order valence-electron chi connectivity index (χ3n) is 5.69. The van der Waals surface area contributed by atoms with Gasteiger partial charge in [-0.3, -0.25) is 4.79 Å². The van der Waals surface area contributed by atoms with Crippen molar-refractivity contribution < 1.29 is 9.18 Å². The number of hydrogen-bond donors (Lipinski definition) is 1. The van der Waals surface area contributed by atoms with Crippen molar-refractivity contribution >= 4 is 11.7 Å². The maximum Gasteiger partial charge on any atom is 0.226 e. The van der Waals surface area contributed by atoms with Gasteiger partial charge in [0.15, 0.2) is 11.6 Å². The highest BCUT2D eigenvalue weighted by molar-refractivity contribution is 5.99. The molecular weight excluding hydrogens is 367 g/mol. The zero-order chi connectivity index (χ0) is 20.0. The van der Waals surface area contributed by atoms with Crippen molar-refractivity contribution in [2.45, 2.75) is 38.6 Å². The molecule has 146 valence electrons. The molecule has 6 heteroatoms. The Labute approximate surface area is 168 Å². The molecule has 1 unspecified atom stereocenters. The van der Waals surface area contributed by atoms with E-state index in [4.69, 9.17) is 0 Å². The van der Waals surface area contributed by atoms with E-state index >= 15 is 0 Å². The van der Waals surface area contributed by atoms with Crippen LogP contribution in [0.5, 0.6) is 0 Å². The van der Waals surface area contributed by atoms with E-state index in [0.29, 0.717) is 23.8 Å². The number of Topliss-reactive ketones (excluding diaryl/α,β-unsaturated/α-hetero) is 1. The molecule has 5 nitrogen and oxygen atoms in total. The third kappa shape index (κ3) is 2.95. The number of aromatic nitrogens is 3. The van der Waals surface area contributed by atoms with Crippen LogP contribution in [-0.4, -0.2) is 20.5 Å². The summed E-state index contributed by atoms with van der Waals surface area (Å²) >= 11 is 0. The van der Waals surface area contributed by atoms with Crippen molar-refractivity contribution in [3.8, 4) is 11.4 Å². The number of halogens is 1. The number of fused-ring (bicyclic) bond motifs is 1. The van der Waals surface area contributed by atoms with Gasteiger partial charge in [0.05, 0.1) is 5.56 Å². The Kier molecular flexibility index (Phi) is 4.27. The van der Waals surface area contributed by atoms with Gasteiger partial charge in [0.2, 0.25) is 5.95 Å². The Morgan fingerprint density at radius 1 is 1.14 bits per heavy atom. The summed E-state index contributed by atoms with van der Waals surface area (Å²) in [6.07, 6.45) is 3.10. The normalized spacial score (nSPS) is 18.3. The SMILES string of the molecule is CCc1ccc(C2C3=C(CCCC3=O)Nc3nc(-c4ccccc4F)nn32)cc1. The topological polar surface area (TPSA) is 59.8 Å². The van der Waals surface area contributed by atoms with Gasteiger partial charge >= 0.3 is 0 Å². The van der Waals surface area contributed by atoms with E-state index in [1.807, 2.05) is 0 Å². The average Bonchev–Trinajstić information content (AvgIpc) is 3.16. The van der Waals surface area contributed by atoms with Gasteiger partial charge in [0.25, 0.3) is 0 Å². The maximum absolute atomic E-state index is 14.3. The minimum absolute atomic E-state index is 0.136. The summed E-state index contributed by atoms with van der Waals surface area (Å²) in [5.41, 5.74) is 4.22. The van der Waals surface area contributed by atoms with E-state index in [0.717, 1.165) is 36.1 Å². The van der Waals surface area contributed by atoms with Crippen molar-refractivity contribution in [2.75, 3.05) is 5.32 Å². The number of hydrogen-bond acceptors (Lipinski definition) is 4. The highest BCUT2D eigenvalue weighted by atomic mass is 19.1. The Morgan fingerprint density at radius 2 is 1.93 bits per heavy atom. The number of aryl methyl sites for hydroxylation is 1. The first kappa shape index (κ1) is 17.8. The number of rotatable bonds is 3. The lowest BCUT2D eigenvalue weighted by molar-refractivity contribution is -0.116. The molecule has 1 atom stereocenters. The molecule has 0 amide bonds. The maximum atomic E-state index is 14.3. The molecule has 5 rings (SSSR count). The number of allylic oxidation sites excluding steroid dienone is 2. The van der Waals surface area contributed by atoms with Crippen LogP contribution in [0.4, 0.5) is 10.3 Å². The van der Waals surface area contributed by atoms with Gasteiger partial charge in [0.1, 0.15) is 11.9 Å². The fraction of sp³-hybridized carbons (Fsp3) is 0.261. The number of nitrogens with zero attached hydrogens (tertiary/aromatic N) is 3. The fourth-order valence-electron chi connectivity index (χ4n) is 4.16. The van der Waals surface area contributed by atoms with Crippen molar-refractivity contribution in [2.24, 2.45) is 0 Å². The first-order valence-electron chi connectivity index (χ1n) is 9.99. The standard InChI is InChI=1S/C23H21FN4O/c1-2-14-10-12-15(13-11-14)21-20-18(8-5-9-19(20)29)25-23-26-22(27-28(21)23)16-6-3-4-7-17(16)24/h3-4,6-7,10-13,21H,2,5,8-9H2,1H3,(H,25,26,27). The van der Waals surface area contributed by atoms with E-state index in [9.17, 15) is 9.18 Å². The van der Waals surface area contributed by atoms with Crippen molar-refractivity contribution in [1.29, 1.82) is 0 Å². The van der Waals surface area contributed by atoms with Crippen molar-refractivity contribution in [1.82, 2.24) is 14.8 Å². The zero-order valence-electron chi connectivity index (χ0n) is 16.2. The van der Waals surface area contributed by atoms with Crippen LogP contribution in [-0.2, 0) is 11.2 Å². The van der Waals surface area contributed by atoms with E-state index in [1.54, 1.807) is 22.9 Å².